The molecule has 3 aromatic carbocycles. The van der Waals surface area contributed by atoms with Crippen molar-refractivity contribution in [2.75, 3.05) is 0 Å². The topological polar surface area (TPSA) is 0 Å². The first-order valence-corrected chi connectivity index (χ1v) is 11.5. The number of thioether (sulfide) groups is 1. The van der Waals surface area contributed by atoms with E-state index in [2.05, 4.69) is 110 Å². The quantitative estimate of drug-likeness (QED) is 0.334. The maximum Gasteiger partial charge on any atom is 3.00 e. The maximum absolute atomic E-state index is 2.31. The third-order valence-corrected chi connectivity index (χ3v) is 7.45. The predicted molar refractivity (Wildman–Crippen MR) is 130 cm³/mol. The fourth-order valence-corrected chi connectivity index (χ4v) is 5.75. The van der Waals surface area contributed by atoms with E-state index in [0.717, 1.165) is 0 Å². The van der Waals surface area contributed by atoms with Gasteiger partial charge in [0.05, 0.1) is 0 Å². The molecule has 1 aliphatic heterocycles. The molecule has 0 spiro atoms. The molecule has 1 aromatic heterocycles. The third kappa shape index (κ3) is 6.01. The van der Waals surface area contributed by atoms with E-state index in [0.29, 0.717) is 5.92 Å². The number of fused-ring (bicyclic) bond motifs is 2. The van der Waals surface area contributed by atoms with Crippen LogP contribution >= 0.6 is 23.1 Å². The number of benzene rings is 2. The Morgan fingerprint density at radius 2 is 1.56 bits per heavy atom. The van der Waals surface area contributed by atoms with E-state index in [4.69, 9.17) is 0 Å². The number of allylic oxidation sites excluding steroid dienone is 6. The molecule has 1 unspecified atom stereocenters. The molecule has 0 nitrogen and oxygen atoms in total. The molecular weight excluding hydrogens is 551 g/mol. The molecule has 0 fully saturated rings. The molecule has 0 amide bonds. The monoisotopic (exact) mass is 569 g/mol. The molecule has 1 aliphatic carbocycles. The van der Waals surface area contributed by atoms with Crippen LogP contribution in [0.3, 0.4) is 0 Å². The standard InChI is InChI=1S/C19H13S.C8H8S.2ClH.Zr/c1-2-6-14(7-3-1)18-10-11-19(20-18)17-12-15-8-4-5-9-16(15)13-17;1-6-5-7-3-2-4-8(7)9-6;;;/h1-13H;2-5,7H,1H3;2*1H;/q-1;;;;+3/p-2. The van der Waals surface area contributed by atoms with Crippen molar-refractivity contribution in [3.05, 3.63) is 113 Å². The molecule has 0 N–H and O–H groups in total. The molecule has 0 bridgehead atoms. The minimum Gasteiger partial charge on any atom is -1.00 e. The molecule has 2 aliphatic rings. The summed E-state index contributed by atoms with van der Waals surface area (Å²) < 4.78 is 0. The first kappa shape index (κ1) is 27.0. The maximum atomic E-state index is 2.31. The van der Waals surface area contributed by atoms with Crippen molar-refractivity contribution in [3.8, 4) is 20.9 Å². The largest absolute Gasteiger partial charge is 3.00 e. The van der Waals surface area contributed by atoms with Gasteiger partial charge in [0.15, 0.2) is 0 Å². The Hall–Kier alpha value is -1.22. The number of thiophene rings is 1. The van der Waals surface area contributed by atoms with Crippen molar-refractivity contribution >= 4 is 33.9 Å². The van der Waals surface area contributed by atoms with Gasteiger partial charge in [-0.25, -0.2) is 0 Å². The first-order chi connectivity index (χ1) is 14.3. The van der Waals surface area contributed by atoms with Crippen molar-refractivity contribution in [2.24, 2.45) is 5.92 Å². The molecule has 4 aromatic rings. The summed E-state index contributed by atoms with van der Waals surface area (Å²) in [7, 11) is 0. The van der Waals surface area contributed by atoms with E-state index >= 15 is 0 Å². The van der Waals surface area contributed by atoms with Crippen molar-refractivity contribution < 1.29 is 51.0 Å². The zero-order valence-corrected chi connectivity index (χ0v) is 23.1. The zero-order valence-electron chi connectivity index (χ0n) is 17.5. The van der Waals surface area contributed by atoms with E-state index in [1.54, 1.807) is 0 Å². The molecule has 1 radical (unpaired) electrons. The molecular formula is C27H21Cl2S2Zr. The summed E-state index contributed by atoms with van der Waals surface area (Å²) in [5.74, 6) is 0.634. The number of halogens is 2. The van der Waals surface area contributed by atoms with Crippen molar-refractivity contribution in [2.45, 2.75) is 6.92 Å². The van der Waals surface area contributed by atoms with Crippen LogP contribution < -0.4 is 24.8 Å². The molecule has 32 heavy (non-hydrogen) atoms. The SMILES string of the molecule is CC1=CC2C=CC=C2S1.[Cl-].[Cl-].[Zr+3].c1ccc(-c2ccc(-c3cc4ccccc4[cH-]3)s2)cc1. The smallest absolute Gasteiger partial charge is 1.00 e. The fraction of sp³-hybridized carbons (Fsp3) is 0.0741. The molecule has 1 atom stereocenters. The van der Waals surface area contributed by atoms with Crippen LogP contribution in [0.1, 0.15) is 6.92 Å². The van der Waals surface area contributed by atoms with Crippen LogP contribution in [-0.4, -0.2) is 0 Å². The normalized spacial score (nSPS) is 15.3. The fourth-order valence-electron chi connectivity index (χ4n) is 3.73. The molecule has 159 valence electrons. The van der Waals surface area contributed by atoms with E-state index in [1.807, 2.05) is 23.1 Å². The summed E-state index contributed by atoms with van der Waals surface area (Å²) in [6.07, 6.45) is 8.87. The van der Waals surface area contributed by atoms with Crippen molar-refractivity contribution in [3.63, 3.8) is 0 Å². The third-order valence-electron chi connectivity index (χ3n) is 5.17. The van der Waals surface area contributed by atoms with Gasteiger partial charge in [-0.15, -0.1) is 34.5 Å². The van der Waals surface area contributed by atoms with Crippen LogP contribution in [-0.2, 0) is 26.2 Å². The number of hydrogen-bond acceptors (Lipinski definition) is 2. The van der Waals surface area contributed by atoms with Gasteiger partial charge in [-0.1, -0.05) is 96.7 Å². The molecule has 0 saturated carbocycles. The Bertz CT molecular complexity index is 1220. The van der Waals surface area contributed by atoms with E-state index in [9.17, 15) is 0 Å². The number of hydrogen-bond donors (Lipinski definition) is 0. The van der Waals surface area contributed by atoms with Gasteiger partial charge in [-0.05, 0) is 22.3 Å². The van der Waals surface area contributed by atoms with Crippen molar-refractivity contribution in [1.29, 1.82) is 0 Å². The molecule has 2 heterocycles. The minimum absolute atomic E-state index is 0. The summed E-state index contributed by atoms with van der Waals surface area (Å²) in [6, 6.07) is 28.1. The van der Waals surface area contributed by atoms with Crippen LogP contribution in [0.15, 0.2) is 113 Å². The van der Waals surface area contributed by atoms with E-state index < -0.39 is 0 Å². The summed E-state index contributed by atoms with van der Waals surface area (Å²) in [6.45, 7) is 2.16. The van der Waals surface area contributed by atoms with Crippen LogP contribution in [0, 0.1) is 5.92 Å². The van der Waals surface area contributed by atoms with Gasteiger partial charge in [-0.3, -0.25) is 0 Å². The van der Waals surface area contributed by atoms with Crippen LogP contribution in [0.4, 0.5) is 0 Å². The van der Waals surface area contributed by atoms with Gasteiger partial charge in [0.2, 0.25) is 0 Å². The van der Waals surface area contributed by atoms with E-state index in [1.165, 1.54) is 41.5 Å². The Balaban J connectivity index is 0.000000259. The Morgan fingerprint density at radius 1 is 0.844 bits per heavy atom. The van der Waals surface area contributed by atoms with Crippen LogP contribution in [0.2, 0.25) is 0 Å². The summed E-state index contributed by atoms with van der Waals surface area (Å²) in [5.41, 5.74) is 2.61. The van der Waals surface area contributed by atoms with Gasteiger partial charge in [0.25, 0.3) is 0 Å². The van der Waals surface area contributed by atoms with Crippen LogP contribution in [0.5, 0.6) is 0 Å². The Kier molecular flexibility index (Phi) is 10.4. The zero-order chi connectivity index (χ0) is 19.6. The molecule has 0 saturated heterocycles. The van der Waals surface area contributed by atoms with Gasteiger partial charge in [-0.2, -0.15) is 11.3 Å². The first-order valence-electron chi connectivity index (χ1n) is 9.82. The summed E-state index contributed by atoms with van der Waals surface area (Å²) >= 11 is 3.75. The van der Waals surface area contributed by atoms with Crippen molar-refractivity contribution in [1.82, 2.24) is 0 Å². The average molecular weight is 572 g/mol. The van der Waals surface area contributed by atoms with Gasteiger partial charge in [0.1, 0.15) is 0 Å². The second-order valence-corrected chi connectivity index (χ2v) is 9.67. The predicted octanol–water partition coefficient (Wildman–Crippen LogP) is 2.67. The molecule has 5 heteroatoms. The Morgan fingerprint density at radius 3 is 2.31 bits per heavy atom. The second-order valence-electron chi connectivity index (χ2n) is 7.26. The van der Waals surface area contributed by atoms with Gasteiger partial charge >= 0.3 is 26.2 Å². The second kappa shape index (κ2) is 12.3. The van der Waals surface area contributed by atoms with Crippen LogP contribution in [0.25, 0.3) is 31.7 Å². The van der Waals surface area contributed by atoms with Gasteiger partial charge < -0.3 is 24.8 Å². The minimum atomic E-state index is 0. The average Bonchev–Trinajstić information content (AvgIpc) is 3.51. The van der Waals surface area contributed by atoms with E-state index in [-0.39, 0.29) is 51.0 Å². The molecule has 6 rings (SSSR count). The summed E-state index contributed by atoms with van der Waals surface area (Å²) in [5, 5.41) is 2.63. The Labute approximate surface area is 229 Å². The summed E-state index contributed by atoms with van der Waals surface area (Å²) in [4.78, 5) is 5.59. The number of rotatable bonds is 2. The van der Waals surface area contributed by atoms with Gasteiger partial charge in [0, 0.05) is 15.7 Å².